The van der Waals surface area contributed by atoms with Crippen LogP contribution in [0.4, 0.5) is 0 Å². The molecule has 12 heavy (non-hydrogen) atoms. The van der Waals surface area contributed by atoms with E-state index in [0.29, 0.717) is 6.04 Å². The maximum absolute atomic E-state index is 4.15. The fourth-order valence-corrected chi connectivity index (χ4v) is 1.34. The van der Waals surface area contributed by atoms with Gasteiger partial charge in [-0.3, -0.25) is 0 Å². The molecule has 1 heteroatoms. The molecule has 1 rings (SSSR count). The topological polar surface area (TPSA) is 27.6 Å². The second-order valence-electron chi connectivity index (χ2n) is 3.25. The molecule has 0 spiro atoms. The minimum Gasteiger partial charge on any atom is -0.351 e. The van der Waals surface area contributed by atoms with Crippen molar-refractivity contribution in [2.75, 3.05) is 0 Å². The smallest absolute Gasteiger partial charge is 0.110 e. The van der Waals surface area contributed by atoms with Crippen molar-refractivity contribution in [1.82, 2.24) is 0 Å². The number of benzene rings is 1. The van der Waals surface area contributed by atoms with Crippen LogP contribution in [0.15, 0.2) is 30.3 Å². The van der Waals surface area contributed by atoms with Crippen LogP contribution in [0.1, 0.15) is 37.8 Å². The van der Waals surface area contributed by atoms with Crippen molar-refractivity contribution in [3.63, 3.8) is 0 Å². The first-order valence-electron chi connectivity index (χ1n) is 4.72. The highest BCUT2D eigenvalue weighted by atomic mass is 14.6. The Morgan fingerprint density at radius 3 is 2.50 bits per heavy atom. The highest BCUT2D eigenvalue weighted by molar-refractivity contribution is 5.16. The standard InChI is InChI=1S/C11H17N/c1-2-3-9-11(12)10-7-5-4-6-8-10/h4-8,11H,2-3,9,12H2,1H3/p+1. The first kappa shape index (κ1) is 9.27. The third kappa shape index (κ3) is 2.67. The lowest BCUT2D eigenvalue weighted by molar-refractivity contribution is -0.428. The molecule has 66 valence electrons. The van der Waals surface area contributed by atoms with E-state index in [9.17, 15) is 0 Å². The molecule has 0 bridgehead atoms. The van der Waals surface area contributed by atoms with Crippen molar-refractivity contribution < 1.29 is 5.73 Å². The van der Waals surface area contributed by atoms with Crippen LogP contribution in [0.25, 0.3) is 0 Å². The zero-order valence-electron chi connectivity index (χ0n) is 7.79. The maximum atomic E-state index is 4.15. The third-order valence-electron chi connectivity index (χ3n) is 2.18. The molecule has 1 nitrogen and oxygen atoms in total. The highest BCUT2D eigenvalue weighted by Gasteiger charge is 2.06. The summed E-state index contributed by atoms with van der Waals surface area (Å²) in [5.74, 6) is 0. The van der Waals surface area contributed by atoms with E-state index in [4.69, 9.17) is 0 Å². The molecular weight excluding hydrogens is 146 g/mol. The first-order valence-corrected chi connectivity index (χ1v) is 4.72. The second kappa shape index (κ2) is 4.94. The van der Waals surface area contributed by atoms with Crippen LogP contribution in [-0.4, -0.2) is 0 Å². The Morgan fingerprint density at radius 1 is 1.25 bits per heavy atom. The molecule has 0 heterocycles. The molecule has 0 amide bonds. The van der Waals surface area contributed by atoms with E-state index in [-0.39, 0.29) is 0 Å². The molecule has 0 saturated carbocycles. The lowest BCUT2D eigenvalue weighted by Gasteiger charge is -2.06. The van der Waals surface area contributed by atoms with Crippen molar-refractivity contribution in [2.24, 2.45) is 0 Å². The van der Waals surface area contributed by atoms with E-state index < -0.39 is 0 Å². The second-order valence-corrected chi connectivity index (χ2v) is 3.25. The Bertz CT molecular complexity index is 206. The van der Waals surface area contributed by atoms with Crippen LogP contribution in [0.2, 0.25) is 0 Å². The van der Waals surface area contributed by atoms with Gasteiger partial charge in [0.1, 0.15) is 6.04 Å². The summed E-state index contributed by atoms with van der Waals surface area (Å²) < 4.78 is 0. The van der Waals surface area contributed by atoms with Gasteiger partial charge < -0.3 is 5.73 Å². The van der Waals surface area contributed by atoms with Crippen molar-refractivity contribution in [1.29, 1.82) is 0 Å². The normalized spacial score (nSPS) is 12.8. The van der Waals surface area contributed by atoms with Gasteiger partial charge in [-0.05, 0) is 6.42 Å². The summed E-state index contributed by atoms with van der Waals surface area (Å²) in [6.45, 7) is 2.22. The van der Waals surface area contributed by atoms with Crippen LogP contribution < -0.4 is 5.73 Å². The molecule has 1 aromatic carbocycles. The molecule has 0 saturated heterocycles. The summed E-state index contributed by atoms with van der Waals surface area (Å²) in [6, 6.07) is 11.0. The van der Waals surface area contributed by atoms with E-state index in [1.807, 2.05) is 0 Å². The van der Waals surface area contributed by atoms with Crippen molar-refractivity contribution in [2.45, 2.75) is 32.2 Å². The third-order valence-corrected chi connectivity index (χ3v) is 2.18. The summed E-state index contributed by atoms with van der Waals surface area (Å²) >= 11 is 0. The summed E-state index contributed by atoms with van der Waals surface area (Å²) in [5.41, 5.74) is 5.51. The van der Waals surface area contributed by atoms with Crippen LogP contribution in [-0.2, 0) is 0 Å². The molecule has 0 aromatic heterocycles. The lowest BCUT2D eigenvalue weighted by Crippen LogP contribution is -2.53. The van der Waals surface area contributed by atoms with Crippen LogP contribution in [0.3, 0.4) is 0 Å². The van der Waals surface area contributed by atoms with Gasteiger partial charge in [-0.25, -0.2) is 0 Å². The Balaban J connectivity index is 2.48. The average molecular weight is 164 g/mol. The first-order chi connectivity index (χ1) is 5.84. The fourth-order valence-electron chi connectivity index (χ4n) is 1.34. The molecule has 1 unspecified atom stereocenters. The Hall–Kier alpha value is -0.820. The largest absolute Gasteiger partial charge is 0.351 e. The van der Waals surface area contributed by atoms with Gasteiger partial charge in [0.25, 0.3) is 0 Å². The predicted octanol–water partition coefficient (Wildman–Crippen LogP) is 2.16. The SMILES string of the molecule is CCCCC([NH3+])c1ccccc1. The Labute approximate surface area is 74.6 Å². The molecular formula is C11H18N+. The van der Waals surface area contributed by atoms with Crippen LogP contribution in [0, 0.1) is 0 Å². The number of unbranched alkanes of at least 4 members (excludes halogenated alkanes) is 1. The van der Waals surface area contributed by atoms with Gasteiger partial charge in [-0.2, -0.15) is 0 Å². The van der Waals surface area contributed by atoms with Gasteiger partial charge >= 0.3 is 0 Å². The van der Waals surface area contributed by atoms with Crippen molar-refractivity contribution >= 4 is 0 Å². The molecule has 3 N–H and O–H groups in total. The average Bonchev–Trinajstić information content (AvgIpc) is 2.15. The van der Waals surface area contributed by atoms with Crippen LogP contribution in [0.5, 0.6) is 0 Å². The highest BCUT2D eigenvalue weighted by Crippen LogP contribution is 2.13. The maximum Gasteiger partial charge on any atom is 0.110 e. The van der Waals surface area contributed by atoms with E-state index >= 15 is 0 Å². The van der Waals surface area contributed by atoms with Gasteiger partial charge in [0.15, 0.2) is 0 Å². The molecule has 0 aliphatic rings. The van der Waals surface area contributed by atoms with E-state index in [0.717, 1.165) is 0 Å². The van der Waals surface area contributed by atoms with Gasteiger partial charge in [0.2, 0.25) is 0 Å². The molecule has 0 aliphatic carbocycles. The van der Waals surface area contributed by atoms with Gasteiger partial charge in [0, 0.05) is 12.0 Å². The Kier molecular flexibility index (Phi) is 3.81. The molecule has 1 aromatic rings. The summed E-state index contributed by atoms with van der Waals surface area (Å²) in [5, 5.41) is 0. The minimum atomic E-state index is 0.478. The quantitative estimate of drug-likeness (QED) is 0.706. The monoisotopic (exact) mass is 164 g/mol. The molecule has 0 fully saturated rings. The zero-order chi connectivity index (χ0) is 8.81. The zero-order valence-corrected chi connectivity index (χ0v) is 7.79. The predicted molar refractivity (Wildman–Crippen MR) is 51.6 cm³/mol. The van der Waals surface area contributed by atoms with Crippen molar-refractivity contribution in [3.8, 4) is 0 Å². The number of hydrogen-bond acceptors (Lipinski definition) is 0. The van der Waals surface area contributed by atoms with Crippen LogP contribution >= 0.6 is 0 Å². The number of rotatable bonds is 4. The number of hydrogen-bond donors (Lipinski definition) is 1. The van der Waals surface area contributed by atoms with Crippen molar-refractivity contribution in [3.05, 3.63) is 35.9 Å². The lowest BCUT2D eigenvalue weighted by atomic mass is 10.0. The summed E-state index contributed by atoms with van der Waals surface area (Å²) in [7, 11) is 0. The molecule has 0 aliphatic heterocycles. The molecule has 0 radical (unpaired) electrons. The van der Waals surface area contributed by atoms with Gasteiger partial charge in [-0.15, -0.1) is 0 Å². The minimum absolute atomic E-state index is 0.478. The van der Waals surface area contributed by atoms with E-state index in [1.54, 1.807) is 0 Å². The fraction of sp³-hybridized carbons (Fsp3) is 0.455. The van der Waals surface area contributed by atoms with Gasteiger partial charge in [-0.1, -0.05) is 43.7 Å². The summed E-state index contributed by atoms with van der Waals surface area (Å²) in [6.07, 6.45) is 3.75. The Morgan fingerprint density at radius 2 is 1.92 bits per heavy atom. The van der Waals surface area contributed by atoms with Gasteiger partial charge in [0.05, 0.1) is 0 Å². The van der Waals surface area contributed by atoms with E-state index in [1.165, 1.54) is 24.8 Å². The number of quaternary nitrogens is 1. The van der Waals surface area contributed by atoms with E-state index in [2.05, 4.69) is 43.0 Å². The molecule has 1 atom stereocenters. The summed E-state index contributed by atoms with van der Waals surface area (Å²) in [4.78, 5) is 0.